The predicted molar refractivity (Wildman–Crippen MR) is 111 cm³/mol. The van der Waals surface area contributed by atoms with E-state index in [9.17, 15) is 0 Å². The van der Waals surface area contributed by atoms with Crippen LogP contribution in [0.25, 0.3) is 10.2 Å². The van der Waals surface area contributed by atoms with Gasteiger partial charge in [-0.2, -0.15) is 5.10 Å². The van der Waals surface area contributed by atoms with Crippen LogP contribution in [0, 0.1) is 0 Å². The third-order valence-electron chi connectivity index (χ3n) is 4.19. The van der Waals surface area contributed by atoms with Crippen molar-refractivity contribution < 1.29 is 4.74 Å². The van der Waals surface area contributed by atoms with E-state index in [1.54, 1.807) is 17.6 Å². The van der Waals surface area contributed by atoms with Gasteiger partial charge < -0.3 is 9.30 Å². The second-order valence-electron chi connectivity index (χ2n) is 6.10. The fourth-order valence-electron chi connectivity index (χ4n) is 2.71. The van der Waals surface area contributed by atoms with E-state index in [1.165, 1.54) is 4.70 Å². The molecule has 5 heteroatoms. The van der Waals surface area contributed by atoms with Crippen molar-refractivity contribution in [1.29, 1.82) is 0 Å². The van der Waals surface area contributed by atoms with E-state index < -0.39 is 0 Å². The molecule has 0 unspecified atom stereocenters. The molecular formula is C22H19N3OS. The van der Waals surface area contributed by atoms with Gasteiger partial charge in [-0.1, -0.05) is 53.8 Å². The Balaban J connectivity index is 1.44. The number of hydrogen-bond donors (Lipinski definition) is 0. The summed E-state index contributed by atoms with van der Waals surface area (Å²) in [5.41, 5.74) is 3.30. The maximum Gasteiger partial charge on any atom is 0.211 e. The number of fused-ring (bicyclic) bond motifs is 1. The molecule has 0 aliphatic rings. The fourth-order valence-corrected chi connectivity index (χ4v) is 3.69. The van der Waals surface area contributed by atoms with Crippen molar-refractivity contribution in [3.05, 3.63) is 94.8 Å². The number of benzene rings is 3. The Morgan fingerprint density at radius 1 is 0.926 bits per heavy atom. The first-order chi connectivity index (χ1) is 13.3. The molecule has 3 aromatic carbocycles. The van der Waals surface area contributed by atoms with E-state index in [1.807, 2.05) is 61.6 Å². The second kappa shape index (κ2) is 8.01. The average molecular weight is 373 g/mol. The van der Waals surface area contributed by atoms with Gasteiger partial charge in [-0.3, -0.25) is 0 Å². The van der Waals surface area contributed by atoms with Gasteiger partial charge in [0.1, 0.15) is 12.4 Å². The quantitative estimate of drug-likeness (QED) is 0.367. The van der Waals surface area contributed by atoms with E-state index in [-0.39, 0.29) is 0 Å². The summed E-state index contributed by atoms with van der Waals surface area (Å²) in [4.78, 5) is 0.871. The number of rotatable bonds is 5. The predicted octanol–water partition coefficient (Wildman–Crippen LogP) is 4.75. The number of aryl methyl sites for hydroxylation is 1. The zero-order chi connectivity index (χ0) is 18.5. The van der Waals surface area contributed by atoms with Crippen LogP contribution < -0.4 is 9.54 Å². The first kappa shape index (κ1) is 17.2. The van der Waals surface area contributed by atoms with Crippen LogP contribution in [0.3, 0.4) is 0 Å². The van der Waals surface area contributed by atoms with Crippen molar-refractivity contribution in [2.75, 3.05) is 0 Å². The Morgan fingerprint density at radius 2 is 1.67 bits per heavy atom. The van der Waals surface area contributed by atoms with Gasteiger partial charge in [-0.25, -0.2) is 0 Å². The Bertz CT molecular complexity index is 1130. The molecule has 0 N–H and O–H groups in total. The molecule has 0 aliphatic carbocycles. The summed E-state index contributed by atoms with van der Waals surface area (Å²) in [6.45, 7) is 0.562. The highest BCUT2D eigenvalue weighted by Gasteiger charge is 2.00. The Kier molecular flexibility index (Phi) is 5.12. The molecule has 0 bridgehead atoms. The van der Waals surface area contributed by atoms with Crippen molar-refractivity contribution in [3.63, 3.8) is 0 Å². The first-order valence-electron chi connectivity index (χ1n) is 8.68. The van der Waals surface area contributed by atoms with Gasteiger partial charge >= 0.3 is 0 Å². The Labute approximate surface area is 161 Å². The number of thiazole rings is 1. The topological polar surface area (TPSA) is 38.9 Å². The number of nitrogens with zero attached hydrogens (tertiary/aromatic N) is 3. The number of ether oxygens (including phenoxy) is 1. The van der Waals surface area contributed by atoms with Crippen molar-refractivity contribution >= 4 is 27.8 Å². The van der Waals surface area contributed by atoms with Crippen LogP contribution in [0.2, 0.25) is 0 Å². The van der Waals surface area contributed by atoms with E-state index in [0.717, 1.165) is 27.2 Å². The minimum Gasteiger partial charge on any atom is -0.489 e. The molecule has 4 aromatic rings. The molecule has 27 heavy (non-hydrogen) atoms. The maximum absolute atomic E-state index is 5.80. The lowest BCUT2D eigenvalue weighted by Gasteiger charge is -2.06. The molecular weight excluding hydrogens is 354 g/mol. The molecule has 0 aliphatic heterocycles. The highest BCUT2D eigenvalue weighted by atomic mass is 32.1. The zero-order valence-corrected chi connectivity index (χ0v) is 15.8. The molecule has 0 saturated carbocycles. The first-order valence-corrected chi connectivity index (χ1v) is 9.50. The molecule has 0 amide bonds. The van der Waals surface area contributed by atoms with Crippen LogP contribution in [-0.4, -0.2) is 10.8 Å². The highest BCUT2D eigenvalue weighted by molar-refractivity contribution is 7.16. The Hall–Kier alpha value is -3.18. The minimum absolute atomic E-state index is 0.562. The van der Waals surface area contributed by atoms with Crippen LogP contribution in [0.15, 0.2) is 89.1 Å². The molecule has 1 heterocycles. The van der Waals surface area contributed by atoms with E-state index >= 15 is 0 Å². The van der Waals surface area contributed by atoms with E-state index in [0.29, 0.717) is 6.61 Å². The smallest absolute Gasteiger partial charge is 0.211 e. The molecule has 0 spiro atoms. The highest BCUT2D eigenvalue weighted by Crippen LogP contribution is 2.15. The lowest BCUT2D eigenvalue weighted by atomic mass is 10.2. The van der Waals surface area contributed by atoms with Crippen LogP contribution in [0.5, 0.6) is 5.75 Å². The van der Waals surface area contributed by atoms with Crippen LogP contribution in [0.4, 0.5) is 0 Å². The second-order valence-corrected chi connectivity index (χ2v) is 7.11. The van der Waals surface area contributed by atoms with Gasteiger partial charge in [0, 0.05) is 7.05 Å². The zero-order valence-electron chi connectivity index (χ0n) is 14.9. The van der Waals surface area contributed by atoms with Crippen molar-refractivity contribution in [2.45, 2.75) is 6.61 Å². The standard InChI is InChI=1S/C22H19N3OS/c1-25-20-9-5-6-10-21(20)27-22(25)24-23-15-17-11-13-19(14-12-17)26-16-18-7-3-2-4-8-18/h2-15H,16H2,1H3/b23-15-,24-22+. The third-order valence-corrected chi connectivity index (χ3v) is 5.30. The summed E-state index contributed by atoms with van der Waals surface area (Å²) in [6.07, 6.45) is 1.76. The molecule has 0 saturated heterocycles. The summed E-state index contributed by atoms with van der Waals surface area (Å²) >= 11 is 1.63. The van der Waals surface area contributed by atoms with Gasteiger partial charge in [-0.05, 0) is 47.5 Å². The van der Waals surface area contributed by atoms with Gasteiger partial charge in [0.25, 0.3) is 0 Å². The third kappa shape index (κ3) is 4.15. The van der Waals surface area contributed by atoms with Crippen LogP contribution >= 0.6 is 11.3 Å². The molecule has 1 aromatic heterocycles. The minimum atomic E-state index is 0.562. The van der Waals surface area contributed by atoms with Gasteiger partial charge in [0.15, 0.2) is 0 Å². The largest absolute Gasteiger partial charge is 0.489 e. The molecule has 4 rings (SSSR count). The average Bonchev–Trinajstić information content (AvgIpc) is 3.04. The molecule has 0 fully saturated rings. The monoisotopic (exact) mass is 373 g/mol. The van der Waals surface area contributed by atoms with Gasteiger partial charge in [0.05, 0.1) is 16.4 Å². The molecule has 134 valence electrons. The van der Waals surface area contributed by atoms with E-state index in [4.69, 9.17) is 4.74 Å². The van der Waals surface area contributed by atoms with Crippen molar-refractivity contribution in [1.82, 2.24) is 4.57 Å². The normalized spacial score (nSPS) is 12.1. The Morgan fingerprint density at radius 3 is 2.44 bits per heavy atom. The van der Waals surface area contributed by atoms with Crippen molar-refractivity contribution in [3.8, 4) is 5.75 Å². The number of aromatic nitrogens is 1. The van der Waals surface area contributed by atoms with Crippen LogP contribution in [-0.2, 0) is 13.7 Å². The summed E-state index contributed by atoms with van der Waals surface area (Å²) in [5.74, 6) is 0.837. The fraction of sp³-hybridized carbons (Fsp3) is 0.0909. The summed E-state index contributed by atoms with van der Waals surface area (Å²) in [5, 5.41) is 8.60. The van der Waals surface area contributed by atoms with Gasteiger partial charge in [0.2, 0.25) is 4.80 Å². The van der Waals surface area contributed by atoms with E-state index in [2.05, 4.69) is 39.0 Å². The number of hydrogen-bond acceptors (Lipinski definition) is 4. The summed E-state index contributed by atoms with van der Waals surface area (Å²) in [7, 11) is 2.01. The van der Waals surface area contributed by atoms with Crippen molar-refractivity contribution in [2.24, 2.45) is 17.3 Å². The lowest BCUT2D eigenvalue weighted by molar-refractivity contribution is 0.306. The van der Waals surface area contributed by atoms with Gasteiger partial charge in [-0.15, -0.1) is 5.10 Å². The molecule has 4 nitrogen and oxygen atoms in total. The molecule has 0 atom stereocenters. The summed E-state index contributed by atoms with van der Waals surface area (Å²) < 4.78 is 9.06. The SMILES string of the molecule is Cn1/c(=N\N=C/c2ccc(OCc3ccccc3)cc2)sc2ccccc21. The van der Waals surface area contributed by atoms with Crippen LogP contribution in [0.1, 0.15) is 11.1 Å². The maximum atomic E-state index is 5.80. The number of para-hydroxylation sites is 1. The lowest BCUT2D eigenvalue weighted by Crippen LogP contribution is -2.08. The summed E-state index contributed by atoms with van der Waals surface area (Å²) in [6, 6.07) is 26.2. The molecule has 0 radical (unpaired) electrons.